The third-order valence-electron chi connectivity index (χ3n) is 2.59. The van der Waals surface area contributed by atoms with Gasteiger partial charge < -0.3 is 10.4 Å². The molecule has 1 fully saturated rings. The minimum atomic E-state index is -3.42. The predicted octanol–water partition coefficient (Wildman–Crippen LogP) is -1.16. The highest BCUT2D eigenvalue weighted by molar-refractivity contribution is 7.86. The number of nitrogens with zero attached hydrogens (tertiary/aromatic N) is 2. The first-order valence-electron chi connectivity index (χ1n) is 5.58. The Morgan fingerprint density at radius 1 is 1.38 bits per heavy atom. The zero-order valence-electron chi connectivity index (χ0n) is 9.89. The summed E-state index contributed by atoms with van der Waals surface area (Å²) in [6.07, 6.45) is 0. The van der Waals surface area contributed by atoms with E-state index in [4.69, 9.17) is 5.11 Å². The van der Waals surface area contributed by atoms with Crippen molar-refractivity contribution in [2.45, 2.75) is 19.9 Å². The topological polar surface area (TPSA) is 72.9 Å². The molecule has 96 valence electrons. The lowest BCUT2D eigenvalue weighted by molar-refractivity contribution is 0.222. The zero-order valence-corrected chi connectivity index (χ0v) is 10.7. The van der Waals surface area contributed by atoms with Gasteiger partial charge in [0.1, 0.15) is 0 Å². The van der Waals surface area contributed by atoms with Crippen molar-refractivity contribution < 1.29 is 13.5 Å². The summed E-state index contributed by atoms with van der Waals surface area (Å²) in [5.41, 5.74) is 0. The van der Waals surface area contributed by atoms with Crippen LogP contribution in [0.4, 0.5) is 0 Å². The van der Waals surface area contributed by atoms with E-state index in [1.807, 2.05) is 13.8 Å². The van der Waals surface area contributed by atoms with Crippen LogP contribution in [0.25, 0.3) is 0 Å². The summed E-state index contributed by atoms with van der Waals surface area (Å²) in [7, 11) is -3.42. The third-order valence-corrected chi connectivity index (χ3v) is 4.81. The van der Waals surface area contributed by atoms with Crippen molar-refractivity contribution in [2.24, 2.45) is 0 Å². The molecule has 0 aromatic heterocycles. The minimum absolute atomic E-state index is 0.132. The Labute approximate surface area is 97.4 Å². The number of nitrogens with one attached hydrogen (secondary N) is 1. The molecular weight excluding hydrogens is 230 g/mol. The monoisotopic (exact) mass is 251 g/mol. The molecule has 0 aromatic carbocycles. The molecule has 1 aliphatic rings. The van der Waals surface area contributed by atoms with Gasteiger partial charge in [0.15, 0.2) is 0 Å². The van der Waals surface area contributed by atoms with Crippen LogP contribution in [-0.2, 0) is 10.2 Å². The predicted molar refractivity (Wildman–Crippen MR) is 62.3 cm³/mol. The first kappa shape index (κ1) is 13.9. The van der Waals surface area contributed by atoms with E-state index < -0.39 is 10.2 Å². The summed E-state index contributed by atoms with van der Waals surface area (Å²) in [5, 5.41) is 12.0. The van der Waals surface area contributed by atoms with Crippen LogP contribution < -0.4 is 5.32 Å². The Morgan fingerprint density at radius 3 is 2.38 bits per heavy atom. The largest absolute Gasteiger partial charge is 0.395 e. The second-order valence-electron chi connectivity index (χ2n) is 4.08. The van der Waals surface area contributed by atoms with Crippen LogP contribution in [0.3, 0.4) is 0 Å². The van der Waals surface area contributed by atoms with Crippen molar-refractivity contribution in [3.05, 3.63) is 0 Å². The van der Waals surface area contributed by atoms with Crippen molar-refractivity contribution >= 4 is 10.2 Å². The molecule has 16 heavy (non-hydrogen) atoms. The van der Waals surface area contributed by atoms with Crippen LogP contribution in [0, 0.1) is 0 Å². The molecule has 0 amide bonds. The molecule has 0 aromatic rings. The molecule has 0 bridgehead atoms. The fraction of sp³-hybridized carbons (Fsp3) is 1.00. The standard InChI is InChI=1S/C9H21N3O3S/c1-9(2)12(7-8-13)16(14,15)11-5-3-10-4-6-11/h9-10,13H,3-8H2,1-2H3. The van der Waals surface area contributed by atoms with Gasteiger partial charge in [-0.1, -0.05) is 0 Å². The molecule has 6 nitrogen and oxygen atoms in total. The van der Waals surface area contributed by atoms with E-state index in [0.29, 0.717) is 26.2 Å². The fourth-order valence-corrected chi connectivity index (χ4v) is 3.55. The molecule has 0 radical (unpaired) electrons. The second-order valence-corrected chi connectivity index (χ2v) is 5.97. The maximum atomic E-state index is 12.2. The van der Waals surface area contributed by atoms with E-state index in [1.165, 1.54) is 8.61 Å². The Hall–Kier alpha value is -0.210. The molecule has 1 aliphatic heterocycles. The van der Waals surface area contributed by atoms with Gasteiger partial charge in [-0.25, -0.2) is 0 Å². The van der Waals surface area contributed by atoms with E-state index in [9.17, 15) is 8.42 Å². The number of aliphatic hydroxyl groups is 1. The number of aliphatic hydroxyl groups excluding tert-OH is 1. The summed E-state index contributed by atoms with van der Waals surface area (Å²) in [5.74, 6) is 0. The molecule has 2 N–H and O–H groups in total. The fourth-order valence-electron chi connectivity index (χ4n) is 1.76. The lowest BCUT2D eigenvalue weighted by Gasteiger charge is -2.34. The van der Waals surface area contributed by atoms with Crippen LogP contribution in [-0.4, -0.2) is 67.5 Å². The summed E-state index contributed by atoms with van der Waals surface area (Å²) in [4.78, 5) is 0. The van der Waals surface area contributed by atoms with Gasteiger partial charge in [-0.2, -0.15) is 17.0 Å². The number of hydrogen-bond donors (Lipinski definition) is 2. The molecule has 1 rings (SSSR count). The van der Waals surface area contributed by atoms with Gasteiger partial charge >= 0.3 is 0 Å². The van der Waals surface area contributed by atoms with Crippen LogP contribution in [0.1, 0.15) is 13.8 Å². The van der Waals surface area contributed by atoms with Gasteiger partial charge in [0, 0.05) is 38.8 Å². The lowest BCUT2D eigenvalue weighted by Crippen LogP contribution is -2.53. The summed E-state index contributed by atoms with van der Waals surface area (Å²) in [6.45, 7) is 6.00. The van der Waals surface area contributed by atoms with Crippen molar-refractivity contribution in [1.82, 2.24) is 13.9 Å². The second kappa shape index (κ2) is 5.92. The summed E-state index contributed by atoms with van der Waals surface area (Å²) >= 11 is 0. The molecule has 0 atom stereocenters. The van der Waals surface area contributed by atoms with Gasteiger partial charge in [0.2, 0.25) is 0 Å². The van der Waals surface area contributed by atoms with Crippen molar-refractivity contribution in [1.29, 1.82) is 0 Å². The van der Waals surface area contributed by atoms with E-state index in [-0.39, 0.29) is 19.2 Å². The summed E-state index contributed by atoms with van der Waals surface area (Å²) in [6, 6.07) is -0.132. The molecular formula is C9H21N3O3S. The molecule has 7 heteroatoms. The SMILES string of the molecule is CC(C)N(CCO)S(=O)(=O)N1CCNCC1. The number of rotatable bonds is 5. The molecule has 0 spiro atoms. The lowest BCUT2D eigenvalue weighted by atomic mass is 10.4. The highest BCUT2D eigenvalue weighted by atomic mass is 32.2. The number of hydrogen-bond acceptors (Lipinski definition) is 4. The van der Waals surface area contributed by atoms with Crippen molar-refractivity contribution in [2.75, 3.05) is 39.3 Å². The first-order valence-corrected chi connectivity index (χ1v) is 6.98. The minimum Gasteiger partial charge on any atom is -0.395 e. The van der Waals surface area contributed by atoms with Gasteiger partial charge in [0.25, 0.3) is 10.2 Å². The maximum Gasteiger partial charge on any atom is 0.282 e. The molecule has 0 saturated carbocycles. The smallest absolute Gasteiger partial charge is 0.282 e. The van der Waals surface area contributed by atoms with E-state index in [0.717, 1.165) is 0 Å². The average Bonchev–Trinajstić information content (AvgIpc) is 2.26. The number of piperazine rings is 1. The highest BCUT2D eigenvalue weighted by Crippen LogP contribution is 2.12. The van der Waals surface area contributed by atoms with Gasteiger partial charge in [0.05, 0.1) is 6.61 Å². The highest BCUT2D eigenvalue weighted by Gasteiger charge is 2.31. The van der Waals surface area contributed by atoms with Crippen LogP contribution in [0.2, 0.25) is 0 Å². The van der Waals surface area contributed by atoms with Crippen molar-refractivity contribution in [3.63, 3.8) is 0 Å². The van der Waals surface area contributed by atoms with E-state index in [2.05, 4.69) is 5.32 Å². The molecule has 1 saturated heterocycles. The van der Waals surface area contributed by atoms with E-state index in [1.54, 1.807) is 0 Å². The van der Waals surface area contributed by atoms with Crippen LogP contribution in [0.15, 0.2) is 0 Å². The third kappa shape index (κ3) is 3.14. The Balaban J connectivity index is 2.79. The molecule has 1 heterocycles. The Bertz CT molecular complexity index is 299. The Morgan fingerprint density at radius 2 is 1.94 bits per heavy atom. The van der Waals surface area contributed by atoms with Crippen LogP contribution >= 0.6 is 0 Å². The van der Waals surface area contributed by atoms with Gasteiger partial charge in [-0.05, 0) is 13.8 Å². The first-order chi connectivity index (χ1) is 7.50. The Kier molecular flexibility index (Phi) is 5.13. The molecule has 0 aliphatic carbocycles. The average molecular weight is 251 g/mol. The van der Waals surface area contributed by atoms with Crippen molar-refractivity contribution in [3.8, 4) is 0 Å². The summed E-state index contributed by atoms with van der Waals surface area (Å²) < 4.78 is 27.3. The van der Waals surface area contributed by atoms with E-state index >= 15 is 0 Å². The zero-order chi connectivity index (χ0) is 12.2. The molecule has 0 unspecified atom stereocenters. The van der Waals surface area contributed by atoms with Gasteiger partial charge in [-0.3, -0.25) is 0 Å². The quantitative estimate of drug-likeness (QED) is 0.646. The maximum absolute atomic E-state index is 12.2. The van der Waals surface area contributed by atoms with Gasteiger partial charge in [-0.15, -0.1) is 0 Å². The van der Waals surface area contributed by atoms with Crippen LogP contribution in [0.5, 0.6) is 0 Å². The normalized spacial score (nSPS) is 19.6.